The Hall–Kier alpha value is -2.47. The minimum absolute atomic E-state index is 0.0895. The molecule has 5 rings (SSSR count). The number of carbonyl (C=O) groups excluding carboxylic acids is 1. The van der Waals surface area contributed by atoms with Crippen LogP contribution in [0.2, 0.25) is 0 Å². The number of hydrogen-bond donors (Lipinski definition) is 0. The van der Waals surface area contributed by atoms with E-state index >= 15 is 0 Å². The first kappa shape index (κ1) is 20.4. The largest absolute Gasteiger partial charge is 0.496 e. The topological polar surface area (TPSA) is 58.6 Å². The van der Waals surface area contributed by atoms with Gasteiger partial charge in [-0.15, -0.1) is 0 Å². The second-order valence-corrected chi connectivity index (χ2v) is 9.21. The third-order valence-corrected chi connectivity index (χ3v) is 7.27. The summed E-state index contributed by atoms with van der Waals surface area (Å²) in [6.07, 6.45) is 8.10. The molecule has 31 heavy (non-hydrogen) atoms. The standard InChI is InChI=1S/C25H32N4O2/c1-17-21-14-23(30)29(16-18-8-3-6-12-22(18)31-2)25(21)27-24(26-17)19-9-7-13-28(15-19)20-10-4-5-11-20/h3,6,8,12,19-20H,4-5,7,9-11,13-16H2,1-2H3/t19-/m0/s1. The van der Waals surface area contributed by atoms with Crippen LogP contribution >= 0.6 is 0 Å². The van der Waals surface area contributed by atoms with Crippen LogP contribution in [-0.2, 0) is 17.8 Å². The number of likely N-dealkylation sites (tertiary alicyclic amines) is 1. The lowest BCUT2D eigenvalue weighted by Crippen LogP contribution is -2.41. The van der Waals surface area contributed by atoms with E-state index in [1.165, 1.54) is 38.6 Å². The molecule has 164 valence electrons. The molecule has 1 saturated carbocycles. The number of piperidine rings is 1. The quantitative estimate of drug-likeness (QED) is 0.732. The molecule has 3 heterocycles. The maximum absolute atomic E-state index is 12.9. The summed E-state index contributed by atoms with van der Waals surface area (Å²) in [5, 5.41) is 0. The van der Waals surface area contributed by atoms with Crippen LogP contribution in [0, 0.1) is 6.92 Å². The number of aromatic nitrogens is 2. The van der Waals surface area contributed by atoms with E-state index in [4.69, 9.17) is 14.7 Å². The molecule has 2 aliphatic heterocycles. The lowest BCUT2D eigenvalue weighted by molar-refractivity contribution is -0.117. The van der Waals surface area contributed by atoms with E-state index in [1.807, 2.05) is 36.1 Å². The van der Waals surface area contributed by atoms with E-state index < -0.39 is 0 Å². The van der Waals surface area contributed by atoms with Gasteiger partial charge in [-0.05, 0) is 45.2 Å². The lowest BCUT2D eigenvalue weighted by atomic mass is 9.95. The van der Waals surface area contributed by atoms with Crippen molar-refractivity contribution >= 4 is 11.7 Å². The monoisotopic (exact) mass is 420 g/mol. The third kappa shape index (κ3) is 3.93. The van der Waals surface area contributed by atoms with Gasteiger partial charge in [-0.3, -0.25) is 14.6 Å². The minimum atomic E-state index is 0.0895. The van der Waals surface area contributed by atoms with Gasteiger partial charge in [0.1, 0.15) is 17.4 Å². The van der Waals surface area contributed by atoms with Crippen molar-refractivity contribution in [3.8, 4) is 5.75 Å². The Bertz CT molecular complexity index is 970. The van der Waals surface area contributed by atoms with E-state index in [1.54, 1.807) is 7.11 Å². The summed E-state index contributed by atoms with van der Waals surface area (Å²) in [6.45, 7) is 4.75. The van der Waals surface area contributed by atoms with Crippen LogP contribution < -0.4 is 9.64 Å². The SMILES string of the molecule is COc1ccccc1CN1C(=O)Cc2c(C)nc([C@H]3CCCN(C4CCCC4)C3)nc21. The van der Waals surface area contributed by atoms with Gasteiger partial charge in [-0.25, -0.2) is 9.97 Å². The van der Waals surface area contributed by atoms with Crippen LogP contribution in [0.4, 0.5) is 5.82 Å². The van der Waals surface area contributed by atoms with E-state index in [2.05, 4.69) is 4.90 Å². The Balaban J connectivity index is 1.42. The molecule has 0 spiro atoms. The smallest absolute Gasteiger partial charge is 0.233 e. The molecule has 2 aromatic rings. The molecular formula is C25H32N4O2. The zero-order valence-electron chi connectivity index (χ0n) is 18.6. The van der Waals surface area contributed by atoms with Gasteiger partial charge >= 0.3 is 0 Å². The molecule has 0 unspecified atom stereocenters. The van der Waals surface area contributed by atoms with Crippen molar-refractivity contribution in [2.75, 3.05) is 25.1 Å². The molecule has 6 heteroatoms. The van der Waals surface area contributed by atoms with E-state index in [0.29, 0.717) is 18.9 Å². The van der Waals surface area contributed by atoms with Crippen molar-refractivity contribution in [3.63, 3.8) is 0 Å². The van der Waals surface area contributed by atoms with Gasteiger partial charge in [-0.1, -0.05) is 31.0 Å². The fourth-order valence-electron chi connectivity index (χ4n) is 5.56. The molecule has 1 atom stereocenters. The number of ether oxygens (including phenoxy) is 1. The van der Waals surface area contributed by atoms with Gasteiger partial charge in [0.2, 0.25) is 5.91 Å². The molecule has 0 radical (unpaired) electrons. The lowest BCUT2D eigenvalue weighted by Gasteiger charge is -2.36. The van der Waals surface area contributed by atoms with Crippen LogP contribution in [0.25, 0.3) is 0 Å². The summed E-state index contributed by atoms with van der Waals surface area (Å²) >= 11 is 0. The van der Waals surface area contributed by atoms with Gasteiger partial charge in [0.15, 0.2) is 0 Å². The maximum atomic E-state index is 12.9. The van der Waals surface area contributed by atoms with Crippen LogP contribution in [0.15, 0.2) is 24.3 Å². The molecule has 3 aliphatic rings. The number of fused-ring (bicyclic) bond motifs is 1. The Morgan fingerprint density at radius 1 is 1.10 bits per heavy atom. The van der Waals surface area contributed by atoms with Crippen molar-refractivity contribution in [2.45, 2.75) is 70.4 Å². The fourth-order valence-corrected chi connectivity index (χ4v) is 5.56. The highest BCUT2D eigenvalue weighted by Crippen LogP contribution is 2.36. The number of anilines is 1. The first-order valence-corrected chi connectivity index (χ1v) is 11.7. The highest BCUT2D eigenvalue weighted by atomic mass is 16.5. The number of benzene rings is 1. The molecule has 1 saturated heterocycles. The number of amides is 1. The number of aryl methyl sites for hydroxylation is 1. The van der Waals surface area contributed by atoms with Crippen LogP contribution in [-0.4, -0.2) is 47.0 Å². The average molecular weight is 421 g/mol. The molecule has 1 aromatic carbocycles. The summed E-state index contributed by atoms with van der Waals surface area (Å²) in [5.41, 5.74) is 2.93. The van der Waals surface area contributed by atoms with Crippen molar-refractivity contribution in [3.05, 3.63) is 46.9 Å². The van der Waals surface area contributed by atoms with Gasteiger partial charge in [0.05, 0.1) is 20.1 Å². The number of hydrogen-bond acceptors (Lipinski definition) is 5. The second-order valence-electron chi connectivity index (χ2n) is 9.21. The highest BCUT2D eigenvalue weighted by Gasteiger charge is 2.35. The Morgan fingerprint density at radius 2 is 1.90 bits per heavy atom. The van der Waals surface area contributed by atoms with Crippen LogP contribution in [0.5, 0.6) is 5.75 Å². The fraction of sp³-hybridized carbons (Fsp3) is 0.560. The Morgan fingerprint density at radius 3 is 2.71 bits per heavy atom. The number of rotatable bonds is 5. The maximum Gasteiger partial charge on any atom is 0.233 e. The highest BCUT2D eigenvalue weighted by molar-refractivity contribution is 6.00. The molecule has 0 bridgehead atoms. The van der Waals surface area contributed by atoms with Gasteiger partial charge in [0.25, 0.3) is 0 Å². The number of para-hydroxylation sites is 1. The van der Waals surface area contributed by atoms with Crippen molar-refractivity contribution < 1.29 is 9.53 Å². The number of methoxy groups -OCH3 is 1. The van der Waals surface area contributed by atoms with Crippen LogP contribution in [0.1, 0.15) is 67.1 Å². The molecule has 1 amide bonds. The van der Waals surface area contributed by atoms with Crippen molar-refractivity contribution in [2.24, 2.45) is 0 Å². The first-order chi connectivity index (χ1) is 15.1. The van der Waals surface area contributed by atoms with Gasteiger partial charge in [-0.2, -0.15) is 0 Å². The summed E-state index contributed by atoms with van der Waals surface area (Å²) in [6, 6.07) is 8.62. The van der Waals surface area contributed by atoms with Gasteiger partial charge < -0.3 is 4.74 Å². The third-order valence-electron chi connectivity index (χ3n) is 7.27. The zero-order valence-corrected chi connectivity index (χ0v) is 18.6. The number of nitrogens with zero attached hydrogens (tertiary/aromatic N) is 4. The Labute approximate surface area is 184 Å². The predicted molar refractivity (Wildman–Crippen MR) is 120 cm³/mol. The van der Waals surface area contributed by atoms with E-state index in [9.17, 15) is 4.79 Å². The summed E-state index contributed by atoms with van der Waals surface area (Å²) in [7, 11) is 1.67. The average Bonchev–Trinajstić information content (AvgIpc) is 3.44. The predicted octanol–water partition coefficient (Wildman–Crippen LogP) is 4.00. The van der Waals surface area contributed by atoms with E-state index in [-0.39, 0.29) is 5.91 Å². The molecule has 2 fully saturated rings. The number of carbonyl (C=O) groups is 1. The van der Waals surface area contributed by atoms with Crippen LogP contribution in [0.3, 0.4) is 0 Å². The van der Waals surface area contributed by atoms with Crippen molar-refractivity contribution in [1.29, 1.82) is 0 Å². The molecular weight excluding hydrogens is 388 g/mol. The molecule has 6 nitrogen and oxygen atoms in total. The zero-order chi connectivity index (χ0) is 21.4. The summed E-state index contributed by atoms with van der Waals surface area (Å²) in [5.74, 6) is 2.96. The Kier molecular flexibility index (Phi) is 5.65. The second kappa shape index (κ2) is 8.58. The summed E-state index contributed by atoms with van der Waals surface area (Å²) in [4.78, 5) is 27.3. The first-order valence-electron chi connectivity index (χ1n) is 11.7. The molecule has 0 N–H and O–H groups in total. The van der Waals surface area contributed by atoms with Crippen molar-refractivity contribution in [1.82, 2.24) is 14.9 Å². The van der Waals surface area contributed by atoms with E-state index in [0.717, 1.165) is 53.2 Å². The van der Waals surface area contributed by atoms with Gasteiger partial charge in [0, 0.05) is 35.3 Å². The molecule has 1 aliphatic carbocycles. The molecule has 1 aromatic heterocycles. The summed E-state index contributed by atoms with van der Waals surface area (Å²) < 4.78 is 5.51. The normalized spacial score (nSPS) is 22.2. The minimum Gasteiger partial charge on any atom is -0.496 e.